The highest BCUT2D eigenvalue weighted by Gasteiger charge is 2.42. The molecule has 2 aliphatic rings. The lowest BCUT2D eigenvalue weighted by Gasteiger charge is -2.24. The molecule has 0 amide bonds. The maximum absolute atomic E-state index is 3.62. The van der Waals surface area contributed by atoms with E-state index < -0.39 is 0 Å². The molecule has 0 fully saturated rings. The fourth-order valence-electron chi connectivity index (χ4n) is 6.61. The molecule has 0 bridgehead atoms. The van der Waals surface area contributed by atoms with Gasteiger partial charge in [0.25, 0.3) is 0 Å². The van der Waals surface area contributed by atoms with Crippen LogP contribution in [-0.2, 0) is 10.8 Å². The van der Waals surface area contributed by atoms with Crippen molar-refractivity contribution in [3.63, 3.8) is 0 Å². The second-order valence-electron chi connectivity index (χ2n) is 11.7. The largest absolute Gasteiger partial charge is 0.356 e. The van der Waals surface area contributed by atoms with Gasteiger partial charge in [0.2, 0.25) is 0 Å². The Morgan fingerprint density at radius 3 is 1.97 bits per heavy atom. The van der Waals surface area contributed by atoms with Crippen LogP contribution in [0.1, 0.15) is 55.5 Å². The summed E-state index contributed by atoms with van der Waals surface area (Å²) in [5.74, 6) is 0. The summed E-state index contributed by atoms with van der Waals surface area (Å²) in [5.41, 5.74) is 14.7. The highest BCUT2D eigenvalue weighted by molar-refractivity contribution is 6.03. The number of rotatable bonds is 2. The van der Waals surface area contributed by atoms with Gasteiger partial charge in [0.15, 0.2) is 0 Å². The molecule has 176 valence electrons. The first-order chi connectivity index (χ1) is 17.2. The number of fused-ring (bicyclic) bond motifs is 8. The molecule has 5 aromatic carbocycles. The van der Waals surface area contributed by atoms with E-state index in [9.17, 15) is 0 Å². The summed E-state index contributed by atoms with van der Waals surface area (Å²) < 4.78 is 0. The lowest BCUT2D eigenvalue weighted by Crippen LogP contribution is -2.17. The number of aryl methyl sites for hydroxylation is 1. The minimum Gasteiger partial charge on any atom is -0.356 e. The van der Waals surface area contributed by atoms with Gasteiger partial charge in [-0.05, 0) is 98.6 Å². The van der Waals surface area contributed by atoms with Crippen LogP contribution >= 0.6 is 0 Å². The molecule has 0 unspecified atom stereocenters. The van der Waals surface area contributed by atoms with Crippen LogP contribution < -0.4 is 5.32 Å². The molecule has 0 radical (unpaired) electrons. The van der Waals surface area contributed by atoms with E-state index >= 15 is 0 Å². The van der Waals surface area contributed by atoms with E-state index in [2.05, 4.69) is 131 Å². The zero-order valence-electron chi connectivity index (χ0n) is 21.7. The molecule has 0 aliphatic heterocycles. The number of hydrogen-bond acceptors (Lipinski definition) is 1. The van der Waals surface area contributed by atoms with Crippen LogP contribution in [0.3, 0.4) is 0 Å². The van der Waals surface area contributed by atoms with Crippen molar-refractivity contribution in [2.24, 2.45) is 0 Å². The van der Waals surface area contributed by atoms with Gasteiger partial charge in [-0.1, -0.05) is 87.9 Å². The van der Waals surface area contributed by atoms with Crippen molar-refractivity contribution in [2.45, 2.75) is 45.4 Å². The van der Waals surface area contributed by atoms with Gasteiger partial charge in [0.05, 0.1) is 0 Å². The number of nitrogens with one attached hydrogen (secondary N) is 1. The van der Waals surface area contributed by atoms with Crippen LogP contribution in [-0.4, -0.2) is 0 Å². The summed E-state index contributed by atoms with van der Waals surface area (Å²) >= 11 is 0. The van der Waals surface area contributed by atoms with Crippen molar-refractivity contribution in [1.82, 2.24) is 0 Å². The zero-order valence-corrected chi connectivity index (χ0v) is 21.7. The van der Waals surface area contributed by atoms with Gasteiger partial charge in [-0.25, -0.2) is 0 Å². The molecular weight excluding hydrogens is 434 g/mol. The van der Waals surface area contributed by atoms with Crippen molar-refractivity contribution in [2.75, 3.05) is 5.32 Å². The van der Waals surface area contributed by atoms with Gasteiger partial charge in [-0.15, -0.1) is 0 Å². The first kappa shape index (κ1) is 21.4. The Labute approximate surface area is 213 Å². The normalized spacial score (nSPS) is 15.8. The highest BCUT2D eigenvalue weighted by Crippen LogP contribution is 2.57. The topological polar surface area (TPSA) is 12.0 Å². The summed E-state index contributed by atoms with van der Waals surface area (Å²) in [7, 11) is 0. The molecule has 5 aromatic rings. The second kappa shape index (κ2) is 7.11. The number of benzene rings is 5. The van der Waals surface area contributed by atoms with E-state index in [1.165, 1.54) is 60.8 Å². The molecule has 0 saturated heterocycles. The summed E-state index contributed by atoms with van der Waals surface area (Å²) in [5, 5.41) is 6.29. The minimum atomic E-state index is -0.0673. The molecule has 0 saturated carbocycles. The molecular formula is C35H31N. The molecule has 2 aliphatic carbocycles. The Morgan fingerprint density at radius 2 is 1.17 bits per heavy atom. The summed E-state index contributed by atoms with van der Waals surface area (Å²) in [4.78, 5) is 0. The zero-order chi connectivity index (χ0) is 24.8. The SMILES string of the molecule is Cc1ccc(Nc2ccc3c(c2)C(C)(C)c2cc4c(cc2-3)C(C)(C)c2ccc3ccccc3c2-4)cc1. The second-order valence-corrected chi connectivity index (χ2v) is 11.7. The maximum Gasteiger partial charge on any atom is 0.0387 e. The fourth-order valence-corrected chi connectivity index (χ4v) is 6.61. The lowest BCUT2D eigenvalue weighted by atomic mass is 9.79. The van der Waals surface area contributed by atoms with Gasteiger partial charge in [-0.3, -0.25) is 0 Å². The van der Waals surface area contributed by atoms with E-state index in [0.717, 1.165) is 11.4 Å². The molecule has 0 aromatic heterocycles. The van der Waals surface area contributed by atoms with Crippen molar-refractivity contribution in [3.05, 3.63) is 119 Å². The average molecular weight is 466 g/mol. The van der Waals surface area contributed by atoms with E-state index in [0.29, 0.717) is 0 Å². The van der Waals surface area contributed by atoms with Crippen molar-refractivity contribution >= 4 is 22.1 Å². The first-order valence-electron chi connectivity index (χ1n) is 13.0. The molecule has 1 nitrogen and oxygen atoms in total. The smallest absolute Gasteiger partial charge is 0.0387 e. The maximum atomic E-state index is 3.62. The van der Waals surface area contributed by atoms with Gasteiger partial charge in [-0.2, -0.15) is 0 Å². The standard InChI is InChI=1S/C35H31N/c1-21-10-13-23(14-11-21)36-24-15-16-26-27-19-32-28(20-31(27)35(4,5)30(26)18-24)33-25-9-7-6-8-22(25)12-17-29(33)34(32,2)3/h6-20,36H,1-5H3. The van der Waals surface area contributed by atoms with Crippen molar-refractivity contribution in [1.29, 1.82) is 0 Å². The highest BCUT2D eigenvalue weighted by atomic mass is 14.9. The third-order valence-electron chi connectivity index (χ3n) is 8.70. The van der Waals surface area contributed by atoms with E-state index in [-0.39, 0.29) is 10.8 Å². The van der Waals surface area contributed by atoms with Gasteiger partial charge < -0.3 is 5.32 Å². The van der Waals surface area contributed by atoms with Crippen LogP contribution in [0.15, 0.2) is 91.0 Å². The number of hydrogen-bond donors (Lipinski definition) is 1. The van der Waals surface area contributed by atoms with Crippen LogP contribution in [0.4, 0.5) is 11.4 Å². The molecule has 36 heavy (non-hydrogen) atoms. The molecule has 1 N–H and O–H groups in total. The predicted molar refractivity (Wildman–Crippen MR) is 154 cm³/mol. The molecule has 1 heteroatoms. The van der Waals surface area contributed by atoms with Crippen LogP contribution in [0.5, 0.6) is 0 Å². The van der Waals surface area contributed by atoms with Crippen LogP contribution in [0.25, 0.3) is 33.0 Å². The summed E-state index contributed by atoms with van der Waals surface area (Å²) in [6.07, 6.45) is 0. The van der Waals surface area contributed by atoms with E-state index in [4.69, 9.17) is 0 Å². The van der Waals surface area contributed by atoms with Crippen LogP contribution in [0, 0.1) is 6.92 Å². The predicted octanol–water partition coefficient (Wildman–Crippen LogP) is 9.50. The Hall–Kier alpha value is -3.84. The third-order valence-corrected chi connectivity index (χ3v) is 8.70. The Morgan fingerprint density at radius 1 is 0.528 bits per heavy atom. The monoisotopic (exact) mass is 465 g/mol. The van der Waals surface area contributed by atoms with Crippen molar-refractivity contribution < 1.29 is 0 Å². The Balaban J connectivity index is 1.40. The summed E-state index contributed by atoms with van der Waals surface area (Å²) in [6, 6.07) is 34.0. The molecule has 0 atom stereocenters. The van der Waals surface area contributed by atoms with E-state index in [1.54, 1.807) is 0 Å². The first-order valence-corrected chi connectivity index (χ1v) is 13.0. The van der Waals surface area contributed by atoms with Gasteiger partial charge >= 0.3 is 0 Å². The minimum absolute atomic E-state index is 0.0242. The lowest BCUT2D eigenvalue weighted by molar-refractivity contribution is 0.652. The number of anilines is 2. The Kier molecular flexibility index (Phi) is 4.23. The van der Waals surface area contributed by atoms with E-state index in [1.807, 2.05) is 0 Å². The van der Waals surface area contributed by atoms with Crippen molar-refractivity contribution in [3.8, 4) is 22.3 Å². The van der Waals surface area contributed by atoms with Crippen LogP contribution in [0.2, 0.25) is 0 Å². The quantitative estimate of drug-likeness (QED) is 0.274. The fraction of sp³-hybridized carbons (Fsp3) is 0.200. The summed E-state index contributed by atoms with van der Waals surface area (Å²) in [6.45, 7) is 11.6. The Bertz CT molecular complexity index is 1700. The van der Waals surface area contributed by atoms with Gasteiger partial charge in [0.1, 0.15) is 0 Å². The molecule has 0 heterocycles. The van der Waals surface area contributed by atoms with Gasteiger partial charge in [0, 0.05) is 22.2 Å². The molecule has 0 spiro atoms. The molecule has 7 rings (SSSR count). The average Bonchev–Trinajstić information content (AvgIpc) is 3.24. The third kappa shape index (κ3) is 2.83.